The number of hydrogen-bond acceptors (Lipinski definition) is 3. The maximum absolute atomic E-state index is 9.43. The van der Waals surface area contributed by atoms with Crippen LogP contribution in [0.25, 0.3) is 121 Å². The van der Waals surface area contributed by atoms with Gasteiger partial charge in [-0.2, -0.15) is 12.1 Å². The second-order valence-corrected chi connectivity index (χ2v) is 20.6. The molecule has 0 aliphatic rings. The fourth-order valence-corrected chi connectivity index (χ4v) is 11.8. The SMILES string of the molecule is [2H]C([2H])([2H])c1cc(-n2c3[c-]c(Oc4[c-]c5c(cc4)c4ccccc4n5-c4cc(C(C)(C)C)ccn4)ccc3c3ccccc32)ncc1-c1c(-n2c3ccccc3c3ccccc32)cccc1-n1c2ccccc2c2ccccc21.[Pt+2]. The molecule has 0 radical (unpaired) electrons. The van der Waals surface area contributed by atoms with Crippen LogP contribution in [0.4, 0.5) is 0 Å². The van der Waals surface area contributed by atoms with E-state index in [1.165, 1.54) is 5.56 Å². The van der Waals surface area contributed by atoms with E-state index in [0.717, 1.165) is 104 Å². The van der Waals surface area contributed by atoms with Crippen LogP contribution in [-0.4, -0.2) is 28.2 Å². The Labute approximate surface area is 463 Å². The van der Waals surface area contributed by atoms with Gasteiger partial charge >= 0.3 is 21.1 Å². The van der Waals surface area contributed by atoms with E-state index in [1.54, 1.807) is 12.3 Å². The molecule has 0 bridgehead atoms. The minimum Gasteiger partial charge on any atom is -0.509 e. The molecule has 9 aromatic carbocycles. The number of aromatic nitrogens is 6. The number of benzene rings is 9. The maximum Gasteiger partial charge on any atom is 2.00 e. The topological polar surface area (TPSA) is 54.7 Å². The second kappa shape index (κ2) is 17.8. The summed E-state index contributed by atoms with van der Waals surface area (Å²) in [7, 11) is 0. The molecular formula is C69H48N6OPt. The Morgan fingerprint density at radius 2 is 0.831 bits per heavy atom. The standard InChI is InChI=1S/C69H48N6O.Pt/c1-43-38-66(71-42-55(43)68-62(72-56-24-11-5-18-47(56)48-19-6-12-25-57(48)72)30-17-31-63(68)73-58-26-13-7-20-49(58)50-21-8-14-27-59(50)73)74-60-28-15-9-22-51(60)53-34-32-45(40-64(53)74)76-46-33-35-54-52-23-10-16-29-61(52)75(65(54)41-46)67-39-44(36-37-70-67)69(2,3)4;/h5-39,42H,1-4H3;/q-2;+2/i1D3;. The average molecular weight is 1180 g/mol. The first-order valence-corrected chi connectivity index (χ1v) is 25.7. The zero-order valence-corrected chi connectivity index (χ0v) is 44.5. The minimum absolute atomic E-state index is 0. The van der Waals surface area contributed by atoms with Gasteiger partial charge in [-0.3, -0.25) is 0 Å². The van der Waals surface area contributed by atoms with Gasteiger partial charge in [-0.25, -0.2) is 9.97 Å². The molecule has 0 atom stereocenters. The summed E-state index contributed by atoms with van der Waals surface area (Å²) >= 11 is 0. The first-order valence-electron chi connectivity index (χ1n) is 27.2. The van der Waals surface area contributed by atoms with Gasteiger partial charge in [0, 0.05) is 71.7 Å². The van der Waals surface area contributed by atoms with Crippen molar-refractivity contribution in [2.75, 3.05) is 0 Å². The van der Waals surface area contributed by atoms with Crippen molar-refractivity contribution in [2.45, 2.75) is 33.0 Å². The molecule has 370 valence electrons. The van der Waals surface area contributed by atoms with Crippen LogP contribution in [0.3, 0.4) is 0 Å². The van der Waals surface area contributed by atoms with Gasteiger partial charge in [-0.05, 0) is 101 Å². The van der Waals surface area contributed by atoms with Crippen molar-refractivity contribution in [2.24, 2.45) is 0 Å². The molecule has 8 heteroatoms. The third-order valence-corrected chi connectivity index (χ3v) is 15.2. The maximum atomic E-state index is 9.43. The summed E-state index contributed by atoms with van der Waals surface area (Å²) in [6.07, 6.45) is 3.64. The van der Waals surface area contributed by atoms with Crippen LogP contribution in [0.5, 0.6) is 11.5 Å². The summed E-state index contributed by atoms with van der Waals surface area (Å²) in [5.74, 6) is 2.21. The van der Waals surface area contributed by atoms with Gasteiger partial charge in [0.1, 0.15) is 11.6 Å². The smallest absolute Gasteiger partial charge is 0.509 e. The van der Waals surface area contributed by atoms with E-state index in [0.29, 0.717) is 28.4 Å². The molecular weight excluding hydrogens is 1120 g/mol. The molecule has 7 nitrogen and oxygen atoms in total. The summed E-state index contributed by atoms with van der Waals surface area (Å²) < 4.78 is 43.7. The molecule has 0 saturated heterocycles. The normalized spacial score (nSPS) is 12.8. The van der Waals surface area contributed by atoms with Gasteiger partial charge in [-0.15, -0.1) is 35.0 Å². The first-order chi connectivity index (χ1) is 38.5. The number of ether oxygens (including phenoxy) is 1. The van der Waals surface area contributed by atoms with Gasteiger partial charge < -0.3 is 23.0 Å². The van der Waals surface area contributed by atoms with Crippen molar-refractivity contribution < 1.29 is 29.9 Å². The van der Waals surface area contributed by atoms with Crippen LogP contribution in [0.2, 0.25) is 0 Å². The molecule has 0 amide bonds. The molecule has 0 fully saturated rings. The van der Waals surface area contributed by atoms with Crippen LogP contribution in [0.1, 0.15) is 36.0 Å². The Kier molecular flexibility index (Phi) is 9.99. The Hall–Kier alpha value is -9.03. The number of hydrogen-bond donors (Lipinski definition) is 0. The van der Waals surface area contributed by atoms with E-state index in [1.807, 2.05) is 53.2 Å². The molecule has 0 spiro atoms. The van der Waals surface area contributed by atoms with Crippen molar-refractivity contribution in [3.05, 3.63) is 242 Å². The summed E-state index contributed by atoms with van der Waals surface area (Å²) in [5.41, 5.74) is 11.6. The van der Waals surface area contributed by atoms with Crippen molar-refractivity contribution in [1.29, 1.82) is 0 Å². The zero-order chi connectivity index (χ0) is 53.3. The summed E-state index contributed by atoms with van der Waals surface area (Å²) in [4.78, 5) is 10.2. The van der Waals surface area contributed by atoms with E-state index in [-0.39, 0.29) is 32.0 Å². The van der Waals surface area contributed by atoms with Gasteiger partial charge in [0.2, 0.25) is 0 Å². The Balaban J connectivity index is 0.00000577. The van der Waals surface area contributed by atoms with Crippen LogP contribution in [-0.2, 0) is 26.5 Å². The Morgan fingerprint density at radius 3 is 1.26 bits per heavy atom. The van der Waals surface area contributed by atoms with E-state index >= 15 is 0 Å². The fourth-order valence-electron chi connectivity index (χ4n) is 11.8. The number of nitrogens with zero attached hydrogens (tertiary/aromatic N) is 6. The quantitative estimate of drug-likeness (QED) is 0.149. The summed E-state index contributed by atoms with van der Waals surface area (Å²) in [6, 6.07) is 77.5. The molecule has 77 heavy (non-hydrogen) atoms. The number of aryl methyl sites for hydroxylation is 1. The molecule has 15 aromatic rings. The average Bonchev–Trinajstić information content (AvgIpc) is 3.94. The molecule has 0 aliphatic heterocycles. The van der Waals surface area contributed by atoms with Gasteiger partial charge in [0.05, 0.1) is 33.4 Å². The summed E-state index contributed by atoms with van der Waals surface area (Å²) in [5, 5.41) is 8.41. The van der Waals surface area contributed by atoms with Crippen LogP contribution >= 0.6 is 0 Å². The number of rotatable bonds is 7. The Bertz CT molecular complexity index is 4760. The minimum atomic E-state index is -2.59. The molecule has 0 N–H and O–H groups in total. The fraction of sp³-hybridized carbons (Fsp3) is 0.0725. The van der Waals surface area contributed by atoms with Crippen molar-refractivity contribution >= 4 is 87.2 Å². The van der Waals surface area contributed by atoms with E-state index < -0.39 is 6.85 Å². The molecule has 0 unspecified atom stereocenters. The van der Waals surface area contributed by atoms with E-state index in [2.05, 4.69) is 204 Å². The van der Waals surface area contributed by atoms with Crippen LogP contribution in [0, 0.1) is 19.0 Å². The van der Waals surface area contributed by atoms with Crippen LogP contribution < -0.4 is 4.74 Å². The van der Waals surface area contributed by atoms with Crippen molar-refractivity contribution in [3.8, 4) is 45.6 Å². The largest absolute Gasteiger partial charge is 2.00 e. The van der Waals surface area contributed by atoms with Gasteiger partial charge in [0.25, 0.3) is 0 Å². The zero-order valence-electron chi connectivity index (χ0n) is 45.2. The predicted octanol–water partition coefficient (Wildman–Crippen LogP) is 17.5. The number of fused-ring (bicyclic) bond motifs is 12. The van der Waals surface area contributed by atoms with Gasteiger partial charge in [0.15, 0.2) is 0 Å². The van der Waals surface area contributed by atoms with E-state index in [4.69, 9.17) is 14.7 Å². The van der Waals surface area contributed by atoms with E-state index in [9.17, 15) is 4.11 Å². The van der Waals surface area contributed by atoms with Crippen molar-refractivity contribution in [1.82, 2.24) is 28.2 Å². The van der Waals surface area contributed by atoms with Crippen molar-refractivity contribution in [3.63, 3.8) is 0 Å². The molecule has 15 rings (SSSR count). The third-order valence-electron chi connectivity index (χ3n) is 15.2. The number of para-hydroxylation sites is 6. The van der Waals surface area contributed by atoms with Gasteiger partial charge in [-0.1, -0.05) is 147 Å². The second-order valence-electron chi connectivity index (χ2n) is 20.6. The Morgan fingerprint density at radius 1 is 0.429 bits per heavy atom. The third kappa shape index (κ3) is 7.21. The molecule has 0 saturated carbocycles. The molecule has 0 aliphatic carbocycles. The monoisotopic (exact) mass is 1170 g/mol. The molecule has 6 heterocycles. The predicted molar refractivity (Wildman–Crippen MR) is 312 cm³/mol. The first kappa shape index (κ1) is 43.2. The summed E-state index contributed by atoms with van der Waals surface area (Å²) in [6.45, 7) is 4.03. The molecule has 6 aromatic heterocycles. The number of pyridine rings is 2. The van der Waals surface area contributed by atoms with Crippen LogP contribution in [0.15, 0.2) is 219 Å².